The van der Waals surface area contributed by atoms with Gasteiger partial charge in [0.05, 0.1) is 17.0 Å². The molecule has 0 saturated carbocycles. The third kappa shape index (κ3) is 3.63. The lowest BCUT2D eigenvalue weighted by Gasteiger charge is -2.14. The van der Waals surface area contributed by atoms with Crippen molar-refractivity contribution in [2.24, 2.45) is 0 Å². The third-order valence-electron chi connectivity index (χ3n) is 5.09. The van der Waals surface area contributed by atoms with E-state index in [1.165, 1.54) is 0 Å². The molecule has 2 aromatic carbocycles. The highest BCUT2D eigenvalue weighted by Gasteiger charge is 2.28. The van der Waals surface area contributed by atoms with Crippen LogP contribution in [0.4, 0.5) is 5.82 Å². The largest absolute Gasteiger partial charge is 0.413 e. The summed E-state index contributed by atoms with van der Waals surface area (Å²) in [4.78, 5) is 9.16. The number of nitrogens with zero attached hydrogens (tertiary/aromatic N) is 4. The van der Waals surface area contributed by atoms with E-state index in [0.29, 0.717) is 29.5 Å². The molecule has 0 spiro atoms. The number of hydrogen-bond acceptors (Lipinski definition) is 8. The highest BCUT2D eigenvalue weighted by molar-refractivity contribution is 7.91. The van der Waals surface area contributed by atoms with Gasteiger partial charge in [0.25, 0.3) is 5.89 Å². The summed E-state index contributed by atoms with van der Waals surface area (Å²) in [5, 5.41) is 12.3. The molecular formula is C21H19N5O3S. The molecule has 2 aromatic heterocycles. The van der Waals surface area contributed by atoms with Crippen LogP contribution in [0.25, 0.3) is 34.1 Å². The standard InChI is InChI=1S/C21H19N5O3S/c1-13-6-8-14(9-7-13)20-25-26-21(29-20)19-23-17-5-3-2-4-16(17)18(24-19)22-15-10-11-30(27,28)12-15/h2-9,15H,10-12H2,1H3,(H,22,23,24). The molecule has 8 nitrogen and oxygen atoms in total. The van der Waals surface area contributed by atoms with E-state index in [0.717, 1.165) is 16.5 Å². The van der Waals surface area contributed by atoms with Gasteiger partial charge < -0.3 is 9.73 Å². The van der Waals surface area contributed by atoms with Crippen LogP contribution in [-0.2, 0) is 9.84 Å². The Kier molecular flexibility index (Phi) is 4.47. The van der Waals surface area contributed by atoms with Crippen molar-refractivity contribution in [1.82, 2.24) is 20.2 Å². The van der Waals surface area contributed by atoms with Crippen molar-refractivity contribution in [1.29, 1.82) is 0 Å². The molecule has 152 valence electrons. The van der Waals surface area contributed by atoms with Crippen LogP contribution >= 0.6 is 0 Å². The zero-order chi connectivity index (χ0) is 20.7. The van der Waals surface area contributed by atoms with E-state index in [-0.39, 0.29) is 23.4 Å². The molecule has 4 aromatic rings. The molecule has 1 aliphatic heterocycles. The quantitative estimate of drug-likeness (QED) is 0.535. The first-order chi connectivity index (χ1) is 14.5. The lowest BCUT2D eigenvalue weighted by Crippen LogP contribution is -2.21. The Morgan fingerprint density at radius 2 is 1.77 bits per heavy atom. The second kappa shape index (κ2) is 7.17. The van der Waals surface area contributed by atoms with Crippen molar-refractivity contribution in [2.75, 3.05) is 16.8 Å². The number of aryl methyl sites for hydroxylation is 1. The Morgan fingerprint density at radius 3 is 2.53 bits per heavy atom. The van der Waals surface area contributed by atoms with Crippen LogP contribution < -0.4 is 5.32 Å². The van der Waals surface area contributed by atoms with E-state index in [1.54, 1.807) is 0 Å². The molecule has 1 atom stereocenters. The minimum absolute atomic E-state index is 0.0960. The molecule has 30 heavy (non-hydrogen) atoms. The van der Waals surface area contributed by atoms with E-state index >= 15 is 0 Å². The minimum Gasteiger partial charge on any atom is -0.413 e. The van der Waals surface area contributed by atoms with E-state index in [1.807, 2.05) is 55.5 Å². The number of anilines is 1. The summed E-state index contributed by atoms with van der Waals surface area (Å²) >= 11 is 0. The van der Waals surface area contributed by atoms with Gasteiger partial charge >= 0.3 is 0 Å². The van der Waals surface area contributed by atoms with Crippen molar-refractivity contribution in [2.45, 2.75) is 19.4 Å². The zero-order valence-corrected chi connectivity index (χ0v) is 17.1. The Balaban J connectivity index is 1.53. The van der Waals surface area contributed by atoms with Crippen molar-refractivity contribution in [3.63, 3.8) is 0 Å². The maximum absolute atomic E-state index is 11.8. The SMILES string of the molecule is Cc1ccc(-c2nnc(-c3nc(NC4CCS(=O)(=O)C4)c4ccccc4n3)o2)cc1. The molecular weight excluding hydrogens is 402 g/mol. The lowest BCUT2D eigenvalue weighted by molar-refractivity contribution is 0.579. The van der Waals surface area contributed by atoms with Crippen LogP contribution in [0, 0.1) is 6.92 Å². The second-order valence-electron chi connectivity index (χ2n) is 7.44. The summed E-state index contributed by atoms with van der Waals surface area (Å²) in [7, 11) is -3.01. The predicted octanol–water partition coefficient (Wildman–Crippen LogP) is 3.25. The highest BCUT2D eigenvalue weighted by Crippen LogP contribution is 2.28. The maximum Gasteiger partial charge on any atom is 0.286 e. The van der Waals surface area contributed by atoms with Gasteiger partial charge in [-0.25, -0.2) is 18.4 Å². The van der Waals surface area contributed by atoms with Crippen molar-refractivity contribution < 1.29 is 12.8 Å². The normalized spacial score (nSPS) is 18.0. The van der Waals surface area contributed by atoms with Crippen molar-refractivity contribution in [3.8, 4) is 23.2 Å². The molecule has 0 radical (unpaired) electrons. The first-order valence-corrected chi connectivity index (χ1v) is 11.4. The number of benzene rings is 2. The Bertz CT molecular complexity index is 1330. The average Bonchev–Trinajstić information content (AvgIpc) is 3.35. The Morgan fingerprint density at radius 1 is 1.00 bits per heavy atom. The van der Waals surface area contributed by atoms with Crippen LogP contribution in [0.5, 0.6) is 0 Å². The molecule has 5 rings (SSSR count). The smallest absolute Gasteiger partial charge is 0.286 e. The van der Waals surface area contributed by atoms with Crippen LogP contribution in [0.3, 0.4) is 0 Å². The van der Waals surface area contributed by atoms with Crippen LogP contribution in [0.1, 0.15) is 12.0 Å². The summed E-state index contributed by atoms with van der Waals surface area (Å²) < 4.78 is 29.5. The fraction of sp³-hybridized carbons (Fsp3) is 0.238. The van der Waals surface area contributed by atoms with Gasteiger partial charge in [-0.1, -0.05) is 29.8 Å². The van der Waals surface area contributed by atoms with Gasteiger partial charge in [-0.3, -0.25) is 0 Å². The number of hydrogen-bond donors (Lipinski definition) is 1. The van der Waals surface area contributed by atoms with E-state index in [2.05, 4.69) is 25.5 Å². The van der Waals surface area contributed by atoms with Crippen LogP contribution in [-0.4, -0.2) is 46.1 Å². The van der Waals surface area contributed by atoms with Gasteiger partial charge in [0, 0.05) is 17.0 Å². The van der Waals surface area contributed by atoms with Gasteiger partial charge in [0.15, 0.2) is 9.84 Å². The number of nitrogens with one attached hydrogen (secondary N) is 1. The van der Waals surface area contributed by atoms with Gasteiger partial charge in [-0.2, -0.15) is 0 Å². The number of rotatable bonds is 4. The van der Waals surface area contributed by atoms with Gasteiger partial charge in [-0.05, 0) is 37.6 Å². The zero-order valence-electron chi connectivity index (χ0n) is 16.2. The molecule has 1 aliphatic rings. The summed E-state index contributed by atoms with van der Waals surface area (Å²) in [6.45, 7) is 2.01. The molecule has 1 unspecified atom stereocenters. The Hall–Kier alpha value is -3.33. The van der Waals surface area contributed by atoms with Crippen molar-refractivity contribution >= 4 is 26.6 Å². The fourth-order valence-corrected chi connectivity index (χ4v) is 5.18. The summed E-state index contributed by atoms with van der Waals surface area (Å²) in [6.07, 6.45) is 0.550. The first kappa shape index (κ1) is 18.7. The van der Waals surface area contributed by atoms with Crippen LogP contribution in [0.2, 0.25) is 0 Å². The molecule has 0 aliphatic carbocycles. The van der Waals surface area contributed by atoms with E-state index in [9.17, 15) is 8.42 Å². The number of aromatic nitrogens is 4. The van der Waals surface area contributed by atoms with Gasteiger partial charge in [0.1, 0.15) is 5.82 Å². The number of sulfone groups is 1. The van der Waals surface area contributed by atoms with Crippen LogP contribution in [0.15, 0.2) is 52.9 Å². The maximum atomic E-state index is 11.8. The van der Waals surface area contributed by atoms with E-state index < -0.39 is 9.84 Å². The summed E-state index contributed by atoms with van der Waals surface area (Å²) in [5.74, 6) is 1.73. The third-order valence-corrected chi connectivity index (χ3v) is 6.86. The molecule has 1 N–H and O–H groups in total. The van der Waals surface area contributed by atoms with Gasteiger partial charge in [0.2, 0.25) is 11.7 Å². The fourth-order valence-electron chi connectivity index (χ4n) is 3.51. The molecule has 9 heteroatoms. The van der Waals surface area contributed by atoms with Gasteiger partial charge in [-0.15, -0.1) is 10.2 Å². The number of para-hydroxylation sites is 1. The Labute approximate surface area is 173 Å². The molecule has 0 amide bonds. The second-order valence-corrected chi connectivity index (χ2v) is 9.66. The summed E-state index contributed by atoms with van der Waals surface area (Å²) in [5.41, 5.74) is 2.66. The number of fused-ring (bicyclic) bond motifs is 1. The van der Waals surface area contributed by atoms with Crippen molar-refractivity contribution in [3.05, 3.63) is 54.1 Å². The summed E-state index contributed by atoms with van der Waals surface area (Å²) in [6, 6.07) is 15.1. The predicted molar refractivity (Wildman–Crippen MR) is 114 cm³/mol. The molecule has 1 fully saturated rings. The first-order valence-electron chi connectivity index (χ1n) is 9.61. The topological polar surface area (TPSA) is 111 Å². The minimum atomic E-state index is -3.01. The molecule has 3 heterocycles. The highest BCUT2D eigenvalue weighted by atomic mass is 32.2. The molecule has 0 bridgehead atoms. The van der Waals surface area contributed by atoms with E-state index in [4.69, 9.17) is 4.42 Å². The lowest BCUT2D eigenvalue weighted by atomic mass is 10.1. The average molecular weight is 421 g/mol. The molecule has 1 saturated heterocycles. The monoisotopic (exact) mass is 421 g/mol.